The van der Waals surface area contributed by atoms with Gasteiger partial charge in [-0.05, 0) is 12.5 Å². The van der Waals surface area contributed by atoms with E-state index in [4.69, 9.17) is 5.73 Å². The molecule has 0 spiro atoms. The zero-order valence-corrected chi connectivity index (χ0v) is 6.83. The zero-order chi connectivity index (χ0) is 8.69. The van der Waals surface area contributed by atoms with Crippen LogP contribution in [0.25, 0.3) is 0 Å². The van der Waals surface area contributed by atoms with Crippen molar-refractivity contribution < 1.29 is 0 Å². The SMILES string of the molecule is C=CC=N/C=C(\C=C)C(C)N. The van der Waals surface area contributed by atoms with Crippen molar-refractivity contribution in [1.82, 2.24) is 0 Å². The largest absolute Gasteiger partial charge is 0.324 e. The molecule has 0 aliphatic carbocycles. The molecule has 0 saturated heterocycles. The van der Waals surface area contributed by atoms with Crippen LogP contribution in [0.5, 0.6) is 0 Å². The molecule has 0 saturated carbocycles. The van der Waals surface area contributed by atoms with Crippen LogP contribution in [-0.4, -0.2) is 12.3 Å². The number of nitrogens with two attached hydrogens (primary N) is 1. The van der Waals surface area contributed by atoms with E-state index in [1.165, 1.54) is 0 Å². The second-order valence-corrected chi connectivity index (χ2v) is 2.16. The van der Waals surface area contributed by atoms with E-state index in [0.29, 0.717) is 0 Å². The van der Waals surface area contributed by atoms with Crippen molar-refractivity contribution in [2.75, 3.05) is 0 Å². The summed E-state index contributed by atoms with van der Waals surface area (Å²) in [5.74, 6) is 0. The maximum Gasteiger partial charge on any atom is 0.0315 e. The molecule has 0 aromatic heterocycles. The van der Waals surface area contributed by atoms with Gasteiger partial charge in [0.2, 0.25) is 0 Å². The molecule has 0 aromatic carbocycles. The molecule has 2 nitrogen and oxygen atoms in total. The van der Waals surface area contributed by atoms with Gasteiger partial charge in [0.1, 0.15) is 0 Å². The second-order valence-electron chi connectivity index (χ2n) is 2.16. The summed E-state index contributed by atoms with van der Waals surface area (Å²) in [6.07, 6.45) is 6.59. The van der Waals surface area contributed by atoms with E-state index < -0.39 is 0 Å². The molecule has 0 rings (SSSR count). The first-order chi connectivity index (χ1) is 5.22. The summed E-state index contributed by atoms with van der Waals surface area (Å²) >= 11 is 0. The molecule has 1 atom stereocenters. The van der Waals surface area contributed by atoms with Crippen molar-refractivity contribution in [3.63, 3.8) is 0 Å². The molecule has 0 heterocycles. The van der Waals surface area contributed by atoms with Crippen LogP contribution < -0.4 is 5.73 Å². The van der Waals surface area contributed by atoms with Gasteiger partial charge >= 0.3 is 0 Å². The number of nitrogens with zero attached hydrogens (tertiary/aromatic N) is 1. The van der Waals surface area contributed by atoms with Gasteiger partial charge in [0, 0.05) is 18.5 Å². The first-order valence-corrected chi connectivity index (χ1v) is 3.44. The second kappa shape index (κ2) is 5.62. The Bertz CT molecular complexity index is 188. The standard InChI is InChI=1S/C9H14N2/c1-4-6-11-7-9(5-2)8(3)10/h4-8H,1-2,10H2,3H3/b9-7+,11-6?. The predicted molar refractivity (Wildman–Crippen MR) is 50.6 cm³/mol. The maximum atomic E-state index is 5.59. The normalized spacial score (nSPS) is 14.9. The Balaban J connectivity index is 4.23. The van der Waals surface area contributed by atoms with Gasteiger partial charge in [0.05, 0.1) is 0 Å². The molecule has 0 amide bonds. The van der Waals surface area contributed by atoms with E-state index in [1.807, 2.05) is 6.92 Å². The van der Waals surface area contributed by atoms with Gasteiger partial charge in [-0.3, -0.25) is 4.99 Å². The highest BCUT2D eigenvalue weighted by molar-refractivity contribution is 5.70. The van der Waals surface area contributed by atoms with Gasteiger partial charge in [0.15, 0.2) is 0 Å². The highest BCUT2D eigenvalue weighted by Crippen LogP contribution is 1.99. The fourth-order valence-electron chi connectivity index (χ4n) is 0.546. The topological polar surface area (TPSA) is 38.4 Å². The van der Waals surface area contributed by atoms with Gasteiger partial charge < -0.3 is 5.73 Å². The molecule has 0 aromatic rings. The summed E-state index contributed by atoms with van der Waals surface area (Å²) in [5.41, 5.74) is 6.51. The molecule has 0 aliphatic rings. The van der Waals surface area contributed by atoms with Gasteiger partial charge in [-0.25, -0.2) is 0 Å². The fraction of sp³-hybridized carbons (Fsp3) is 0.222. The van der Waals surface area contributed by atoms with Crippen LogP contribution in [0.15, 0.2) is 42.1 Å². The molecule has 0 fully saturated rings. The third kappa shape index (κ3) is 4.28. The van der Waals surface area contributed by atoms with Crippen LogP contribution >= 0.6 is 0 Å². The van der Waals surface area contributed by atoms with E-state index in [2.05, 4.69) is 18.2 Å². The number of hydrogen-bond acceptors (Lipinski definition) is 2. The third-order valence-corrected chi connectivity index (χ3v) is 1.18. The zero-order valence-electron chi connectivity index (χ0n) is 6.83. The molecule has 0 aliphatic heterocycles. The van der Waals surface area contributed by atoms with Gasteiger partial charge in [-0.15, -0.1) is 0 Å². The summed E-state index contributed by atoms with van der Waals surface area (Å²) in [5, 5.41) is 0. The monoisotopic (exact) mass is 150 g/mol. The summed E-state index contributed by atoms with van der Waals surface area (Å²) in [6, 6.07) is -0.0190. The summed E-state index contributed by atoms with van der Waals surface area (Å²) in [7, 11) is 0. The Morgan fingerprint density at radius 3 is 2.55 bits per heavy atom. The van der Waals surface area contributed by atoms with Crippen molar-refractivity contribution in [3.05, 3.63) is 37.1 Å². The molecular formula is C9H14N2. The Kier molecular flexibility index (Phi) is 5.03. The molecule has 0 radical (unpaired) electrons. The quantitative estimate of drug-likeness (QED) is 0.480. The number of allylic oxidation sites excluding steroid dienone is 1. The lowest BCUT2D eigenvalue weighted by molar-refractivity contribution is 0.882. The number of rotatable bonds is 4. The minimum Gasteiger partial charge on any atom is -0.324 e. The van der Waals surface area contributed by atoms with E-state index >= 15 is 0 Å². The first-order valence-electron chi connectivity index (χ1n) is 3.44. The van der Waals surface area contributed by atoms with Crippen LogP contribution in [0, 0.1) is 0 Å². The van der Waals surface area contributed by atoms with Crippen molar-refractivity contribution in [3.8, 4) is 0 Å². The summed E-state index contributed by atoms with van der Waals surface area (Å²) in [4.78, 5) is 3.93. The molecule has 2 N–H and O–H groups in total. The Morgan fingerprint density at radius 1 is 1.55 bits per heavy atom. The van der Waals surface area contributed by atoms with E-state index in [0.717, 1.165) is 5.57 Å². The minimum absolute atomic E-state index is 0.0190. The Labute approximate surface area is 67.8 Å². The molecule has 0 bridgehead atoms. The van der Waals surface area contributed by atoms with Gasteiger partial charge in [-0.1, -0.05) is 25.3 Å². The van der Waals surface area contributed by atoms with E-state index in [1.54, 1.807) is 24.6 Å². The highest BCUT2D eigenvalue weighted by Gasteiger charge is 1.95. The van der Waals surface area contributed by atoms with Gasteiger partial charge in [0.25, 0.3) is 0 Å². The molecule has 11 heavy (non-hydrogen) atoms. The smallest absolute Gasteiger partial charge is 0.0315 e. The van der Waals surface area contributed by atoms with Crippen molar-refractivity contribution in [2.24, 2.45) is 10.7 Å². The minimum atomic E-state index is -0.0190. The van der Waals surface area contributed by atoms with Crippen LogP contribution in [0.3, 0.4) is 0 Å². The Hall–Kier alpha value is -1.15. The van der Waals surface area contributed by atoms with Gasteiger partial charge in [-0.2, -0.15) is 0 Å². The average Bonchev–Trinajstić information content (AvgIpc) is 1.97. The molecule has 60 valence electrons. The summed E-state index contributed by atoms with van der Waals surface area (Å²) < 4.78 is 0. The maximum absolute atomic E-state index is 5.59. The lowest BCUT2D eigenvalue weighted by atomic mass is 10.1. The summed E-state index contributed by atoms with van der Waals surface area (Å²) in [6.45, 7) is 8.99. The van der Waals surface area contributed by atoms with E-state index in [-0.39, 0.29) is 6.04 Å². The van der Waals surface area contributed by atoms with Crippen LogP contribution in [0.2, 0.25) is 0 Å². The molecule has 2 heteroatoms. The van der Waals surface area contributed by atoms with Crippen molar-refractivity contribution in [2.45, 2.75) is 13.0 Å². The van der Waals surface area contributed by atoms with Crippen molar-refractivity contribution >= 4 is 6.21 Å². The molecule has 1 unspecified atom stereocenters. The predicted octanol–water partition coefficient (Wildman–Crippen LogP) is 1.66. The number of aliphatic imine (C=N–C) groups is 1. The lowest BCUT2D eigenvalue weighted by Gasteiger charge is -2.02. The Morgan fingerprint density at radius 2 is 2.18 bits per heavy atom. The third-order valence-electron chi connectivity index (χ3n) is 1.18. The van der Waals surface area contributed by atoms with Crippen molar-refractivity contribution in [1.29, 1.82) is 0 Å². The fourth-order valence-corrected chi connectivity index (χ4v) is 0.546. The highest BCUT2D eigenvalue weighted by atomic mass is 14.7. The van der Waals surface area contributed by atoms with E-state index in [9.17, 15) is 0 Å². The average molecular weight is 150 g/mol. The van der Waals surface area contributed by atoms with Crippen LogP contribution in [-0.2, 0) is 0 Å². The number of hydrogen-bond donors (Lipinski definition) is 1. The lowest BCUT2D eigenvalue weighted by Crippen LogP contribution is -2.16. The van der Waals surface area contributed by atoms with Crippen LogP contribution in [0.1, 0.15) is 6.92 Å². The van der Waals surface area contributed by atoms with Crippen LogP contribution in [0.4, 0.5) is 0 Å². The first kappa shape index (κ1) is 9.85. The molecular weight excluding hydrogens is 136 g/mol.